The first-order chi connectivity index (χ1) is 9.61. The number of hydrogen-bond acceptors (Lipinski definition) is 5. The largest absolute Gasteiger partial charge is 0.379 e. The number of carbonyl (C=O) groups excluding carboxylic acids is 1. The predicted octanol–water partition coefficient (Wildman–Crippen LogP) is 1.80. The van der Waals surface area contributed by atoms with Crippen molar-refractivity contribution in [3.8, 4) is 0 Å². The van der Waals surface area contributed by atoms with E-state index in [0.29, 0.717) is 24.9 Å². The summed E-state index contributed by atoms with van der Waals surface area (Å²) in [7, 11) is 1.84. The zero-order valence-corrected chi connectivity index (χ0v) is 10.9. The number of hydrogen-bond donors (Lipinski definition) is 1. The van der Waals surface area contributed by atoms with Gasteiger partial charge >= 0.3 is 0 Å². The monoisotopic (exact) mass is 274 g/mol. The third kappa shape index (κ3) is 3.00. The van der Waals surface area contributed by atoms with E-state index in [1.54, 1.807) is 23.0 Å². The molecule has 7 heteroatoms. The molecule has 104 valence electrons. The molecule has 0 bridgehead atoms. The van der Waals surface area contributed by atoms with Crippen LogP contribution >= 0.6 is 0 Å². The fraction of sp³-hybridized carbons (Fsp3) is 0.231. The van der Waals surface area contributed by atoms with Gasteiger partial charge in [-0.1, -0.05) is 0 Å². The second kappa shape index (κ2) is 5.96. The Balaban J connectivity index is 2.07. The lowest BCUT2D eigenvalue weighted by atomic mass is 10.2. The normalized spacial score (nSPS) is 10.2. The topological polar surface area (TPSA) is 90.1 Å². The lowest BCUT2D eigenvalue weighted by Gasteiger charge is -2.07. The van der Waals surface area contributed by atoms with Crippen molar-refractivity contribution in [1.29, 1.82) is 0 Å². The van der Waals surface area contributed by atoms with E-state index >= 15 is 0 Å². The molecule has 0 saturated heterocycles. The molecular weight excluding hydrogens is 260 g/mol. The van der Waals surface area contributed by atoms with Crippen LogP contribution in [0, 0.1) is 10.1 Å². The van der Waals surface area contributed by atoms with Gasteiger partial charge in [-0.2, -0.15) is 5.10 Å². The van der Waals surface area contributed by atoms with Gasteiger partial charge in [-0.15, -0.1) is 0 Å². The van der Waals surface area contributed by atoms with Gasteiger partial charge in [0, 0.05) is 43.5 Å². The molecule has 1 N–H and O–H groups in total. The number of carbonyl (C=O) groups is 1. The Morgan fingerprint density at radius 1 is 1.45 bits per heavy atom. The van der Waals surface area contributed by atoms with E-state index in [1.807, 2.05) is 13.1 Å². The smallest absolute Gasteiger partial charge is 0.293 e. The lowest BCUT2D eigenvalue weighted by molar-refractivity contribution is -0.384. The molecule has 0 amide bonds. The summed E-state index contributed by atoms with van der Waals surface area (Å²) in [5.74, 6) is 0. The highest BCUT2D eigenvalue weighted by atomic mass is 16.6. The van der Waals surface area contributed by atoms with Crippen LogP contribution in [-0.4, -0.2) is 27.5 Å². The Hall–Kier alpha value is -2.70. The summed E-state index contributed by atoms with van der Waals surface area (Å²) in [6.07, 6.45) is 2.99. The average Bonchev–Trinajstić information content (AvgIpc) is 2.84. The van der Waals surface area contributed by atoms with Gasteiger partial charge in [0.05, 0.1) is 4.92 Å². The molecule has 0 unspecified atom stereocenters. The van der Waals surface area contributed by atoms with Crippen LogP contribution in [0.15, 0.2) is 30.5 Å². The van der Waals surface area contributed by atoms with Crippen molar-refractivity contribution in [2.45, 2.75) is 6.42 Å². The number of benzene rings is 1. The SMILES string of the molecule is Cn1nccc1CCNc1ccc(C=O)cc1[N+](=O)[O-]. The number of aryl methyl sites for hydroxylation is 1. The van der Waals surface area contributed by atoms with Crippen LogP contribution in [0.5, 0.6) is 0 Å². The molecule has 0 fully saturated rings. The number of anilines is 1. The molecule has 0 radical (unpaired) electrons. The molecule has 0 atom stereocenters. The maximum absolute atomic E-state index is 11.0. The van der Waals surface area contributed by atoms with Crippen molar-refractivity contribution >= 4 is 17.7 Å². The number of nitro groups is 1. The van der Waals surface area contributed by atoms with Gasteiger partial charge in [0.15, 0.2) is 0 Å². The van der Waals surface area contributed by atoms with Gasteiger partial charge in [-0.05, 0) is 18.2 Å². The highest BCUT2D eigenvalue weighted by Gasteiger charge is 2.14. The van der Waals surface area contributed by atoms with Gasteiger partial charge < -0.3 is 5.32 Å². The van der Waals surface area contributed by atoms with Crippen molar-refractivity contribution < 1.29 is 9.72 Å². The number of nitro benzene ring substituents is 1. The van der Waals surface area contributed by atoms with Crippen molar-refractivity contribution in [2.24, 2.45) is 7.05 Å². The molecule has 0 aliphatic rings. The zero-order chi connectivity index (χ0) is 14.5. The molecule has 1 heterocycles. The number of nitrogens with zero attached hydrogens (tertiary/aromatic N) is 3. The average molecular weight is 274 g/mol. The lowest BCUT2D eigenvalue weighted by Crippen LogP contribution is -2.09. The molecule has 1 aromatic carbocycles. The van der Waals surface area contributed by atoms with Gasteiger partial charge in [-0.3, -0.25) is 19.6 Å². The van der Waals surface area contributed by atoms with Crippen LogP contribution in [0.25, 0.3) is 0 Å². The van der Waals surface area contributed by atoms with Gasteiger partial charge in [0.1, 0.15) is 12.0 Å². The van der Waals surface area contributed by atoms with E-state index in [4.69, 9.17) is 0 Å². The molecule has 2 aromatic rings. The molecule has 0 aliphatic heterocycles. The maximum atomic E-state index is 11.0. The first-order valence-electron chi connectivity index (χ1n) is 6.06. The summed E-state index contributed by atoms with van der Waals surface area (Å²) in [6.45, 7) is 0.542. The molecule has 20 heavy (non-hydrogen) atoms. The number of rotatable bonds is 6. The zero-order valence-electron chi connectivity index (χ0n) is 10.9. The summed E-state index contributed by atoms with van der Waals surface area (Å²) < 4.78 is 1.76. The Morgan fingerprint density at radius 3 is 2.85 bits per heavy atom. The molecular formula is C13H14N4O3. The molecule has 0 aliphatic carbocycles. The third-order valence-electron chi connectivity index (χ3n) is 2.97. The number of nitrogens with one attached hydrogen (secondary N) is 1. The van der Waals surface area contributed by atoms with E-state index in [2.05, 4.69) is 10.4 Å². The summed E-state index contributed by atoms with van der Waals surface area (Å²) in [6, 6.07) is 6.25. The van der Waals surface area contributed by atoms with Crippen molar-refractivity contribution in [1.82, 2.24) is 9.78 Å². The van der Waals surface area contributed by atoms with E-state index in [-0.39, 0.29) is 11.3 Å². The molecule has 0 spiro atoms. The minimum absolute atomic E-state index is 0.0976. The van der Waals surface area contributed by atoms with Gasteiger partial charge in [0.2, 0.25) is 0 Å². The Morgan fingerprint density at radius 2 is 2.25 bits per heavy atom. The molecule has 0 saturated carbocycles. The van der Waals surface area contributed by atoms with Crippen molar-refractivity contribution in [3.05, 3.63) is 51.8 Å². The van der Waals surface area contributed by atoms with E-state index in [0.717, 1.165) is 5.69 Å². The number of aldehydes is 1. The van der Waals surface area contributed by atoms with Crippen LogP contribution in [0.3, 0.4) is 0 Å². The minimum Gasteiger partial charge on any atom is -0.379 e. The van der Waals surface area contributed by atoms with Crippen LogP contribution in [0.2, 0.25) is 0 Å². The highest BCUT2D eigenvalue weighted by Crippen LogP contribution is 2.24. The Labute approximate surface area is 115 Å². The Bertz CT molecular complexity index is 636. The highest BCUT2D eigenvalue weighted by molar-refractivity contribution is 5.79. The summed E-state index contributed by atoms with van der Waals surface area (Å²) in [5.41, 5.74) is 1.63. The van der Waals surface area contributed by atoms with Gasteiger partial charge in [0.25, 0.3) is 5.69 Å². The van der Waals surface area contributed by atoms with Crippen LogP contribution in [0.1, 0.15) is 16.1 Å². The Kier molecular flexibility index (Phi) is 4.09. The first kappa shape index (κ1) is 13.7. The quantitative estimate of drug-likeness (QED) is 0.492. The minimum atomic E-state index is -0.501. The maximum Gasteiger partial charge on any atom is 0.293 e. The number of aromatic nitrogens is 2. The van der Waals surface area contributed by atoms with Crippen molar-refractivity contribution in [2.75, 3.05) is 11.9 Å². The predicted molar refractivity (Wildman–Crippen MR) is 73.9 cm³/mol. The van der Waals surface area contributed by atoms with E-state index in [1.165, 1.54) is 6.07 Å². The standard InChI is InChI=1S/C13H14N4O3/c1-16-11(5-7-15-16)4-6-14-12-3-2-10(9-18)8-13(12)17(19)20/h2-3,5,7-9,14H,4,6H2,1H3. The van der Waals surface area contributed by atoms with Crippen LogP contribution in [-0.2, 0) is 13.5 Å². The second-order valence-electron chi connectivity index (χ2n) is 4.27. The molecule has 1 aromatic heterocycles. The summed E-state index contributed by atoms with van der Waals surface area (Å²) in [4.78, 5) is 21.1. The summed E-state index contributed by atoms with van der Waals surface area (Å²) >= 11 is 0. The molecule has 7 nitrogen and oxygen atoms in total. The fourth-order valence-corrected chi connectivity index (χ4v) is 1.89. The first-order valence-corrected chi connectivity index (χ1v) is 6.06. The van der Waals surface area contributed by atoms with Crippen molar-refractivity contribution in [3.63, 3.8) is 0 Å². The van der Waals surface area contributed by atoms with E-state index in [9.17, 15) is 14.9 Å². The third-order valence-corrected chi connectivity index (χ3v) is 2.97. The summed E-state index contributed by atoms with van der Waals surface area (Å²) in [5, 5.41) is 18.0. The van der Waals surface area contributed by atoms with Crippen LogP contribution < -0.4 is 5.32 Å². The van der Waals surface area contributed by atoms with Gasteiger partial charge in [-0.25, -0.2) is 0 Å². The fourth-order valence-electron chi connectivity index (χ4n) is 1.89. The van der Waals surface area contributed by atoms with Crippen LogP contribution in [0.4, 0.5) is 11.4 Å². The van der Waals surface area contributed by atoms with E-state index < -0.39 is 4.92 Å². The second-order valence-corrected chi connectivity index (χ2v) is 4.27. The molecule has 2 rings (SSSR count).